The molecular formula is C16H18S2. The summed E-state index contributed by atoms with van der Waals surface area (Å²) in [6.07, 6.45) is 0. The van der Waals surface area contributed by atoms with Crippen molar-refractivity contribution in [3.8, 4) is 0 Å². The zero-order valence-electron chi connectivity index (χ0n) is 11.2. The molecule has 0 atom stereocenters. The first-order valence-corrected chi connectivity index (χ1v) is 7.31. The van der Waals surface area contributed by atoms with Crippen LogP contribution in [0.15, 0.2) is 45.0 Å². The first kappa shape index (κ1) is 13.6. The topological polar surface area (TPSA) is 0 Å². The second kappa shape index (κ2) is 5.41. The maximum absolute atomic E-state index is 4.71. The van der Waals surface area contributed by atoms with E-state index >= 15 is 0 Å². The van der Waals surface area contributed by atoms with Crippen molar-refractivity contribution in [1.82, 2.24) is 0 Å². The first-order chi connectivity index (χ1) is 8.52. The lowest BCUT2D eigenvalue weighted by molar-refractivity contribution is 1.05. The van der Waals surface area contributed by atoms with Crippen LogP contribution in [0.25, 0.3) is 0 Å². The molecule has 0 saturated heterocycles. The van der Waals surface area contributed by atoms with Gasteiger partial charge in [0.2, 0.25) is 0 Å². The van der Waals surface area contributed by atoms with E-state index in [1.165, 1.54) is 32.0 Å². The molecule has 0 aliphatic carbocycles. The van der Waals surface area contributed by atoms with E-state index in [0.29, 0.717) is 0 Å². The van der Waals surface area contributed by atoms with Crippen LogP contribution >= 0.6 is 24.4 Å². The van der Waals surface area contributed by atoms with Crippen molar-refractivity contribution < 1.29 is 0 Å². The third-order valence-corrected chi connectivity index (χ3v) is 5.49. The second-order valence-electron chi connectivity index (χ2n) is 4.59. The number of hydrogen-bond donors (Lipinski definition) is 1. The average Bonchev–Trinajstić information content (AvgIpc) is 2.40. The molecule has 2 heteroatoms. The molecule has 0 N–H and O–H groups in total. The van der Waals surface area contributed by atoms with E-state index in [1.54, 1.807) is 11.8 Å². The van der Waals surface area contributed by atoms with E-state index in [4.69, 9.17) is 12.6 Å². The Balaban J connectivity index is 2.52. The van der Waals surface area contributed by atoms with Crippen LogP contribution in [0.5, 0.6) is 0 Å². The molecule has 0 fully saturated rings. The molecule has 94 valence electrons. The Bertz CT molecular complexity index is 542. The molecule has 18 heavy (non-hydrogen) atoms. The van der Waals surface area contributed by atoms with Crippen LogP contribution in [0.1, 0.15) is 22.3 Å². The van der Waals surface area contributed by atoms with Gasteiger partial charge in [0.15, 0.2) is 0 Å². The van der Waals surface area contributed by atoms with Crippen LogP contribution in [0.3, 0.4) is 0 Å². The third kappa shape index (κ3) is 2.45. The van der Waals surface area contributed by atoms with Crippen molar-refractivity contribution >= 4 is 24.4 Å². The molecule has 0 unspecified atom stereocenters. The zero-order valence-corrected chi connectivity index (χ0v) is 13.0. The summed E-state index contributed by atoms with van der Waals surface area (Å²) in [7, 11) is 0. The molecular weight excluding hydrogens is 256 g/mol. The summed E-state index contributed by atoms with van der Waals surface area (Å²) in [4.78, 5) is 3.66. The molecule has 0 spiro atoms. The number of hydrogen-bond acceptors (Lipinski definition) is 2. The lowest BCUT2D eigenvalue weighted by Gasteiger charge is -2.17. The highest BCUT2D eigenvalue weighted by Gasteiger charge is 2.13. The van der Waals surface area contributed by atoms with E-state index < -0.39 is 0 Å². The largest absolute Gasteiger partial charge is 0.142 e. The van der Waals surface area contributed by atoms with Crippen molar-refractivity contribution in [3.05, 3.63) is 52.6 Å². The summed E-state index contributed by atoms with van der Waals surface area (Å²) in [6, 6.07) is 10.5. The molecule has 0 aromatic heterocycles. The van der Waals surface area contributed by atoms with E-state index in [1.807, 2.05) is 6.07 Å². The minimum absolute atomic E-state index is 1.12. The second-order valence-corrected chi connectivity index (χ2v) is 6.12. The average molecular weight is 274 g/mol. The maximum Gasteiger partial charge on any atom is 0.0290 e. The van der Waals surface area contributed by atoms with E-state index in [2.05, 4.69) is 52.0 Å². The van der Waals surface area contributed by atoms with Gasteiger partial charge < -0.3 is 0 Å². The summed E-state index contributed by atoms with van der Waals surface area (Å²) in [6.45, 7) is 8.71. The van der Waals surface area contributed by atoms with E-state index in [-0.39, 0.29) is 0 Å². The standard InChI is InChI=1S/C16H18S2/c1-10-11(2)13(4)16(15(17)12(10)3)18-14-8-6-5-7-9-14/h5-9,17H,1-4H3. The van der Waals surface area contributed by atoms with Crippen LogP contribution in [0.4, 0.5) is 0 Å². The monoisotopic (exact) mass is 274 g/mol. The minimum atomic E-state index is 1.12. The SMILES string of the molecule is Cc1c(C)c(C)c(Sc2ccccc2)c(S)c1C. The molecule has 0 radical (unpaired) electrons. The fraction of sp³-hybridized carbons (Fsp3) is 0.250. The van der Waals surface area contributed by atoms with Gasteiger partial charge in [0, 0.05) is 14.7 Å². The van der Waals surface area contributed by atoms with Gasteiger partial charge in [-0.2, -0.15) is 0 Å². The van der Waals surface area contributed by atoms with Crippen molar-refractivity contribution in [2.45, 2.75) is 42.4 Å². The van der Waals surface area contributed by atoms with Gasteiger partial charge in [-0.05, 0) is 62.1 Å². The highest BCUT2D eigenvalue weighted by molar-refractivity contribution is 7.99. The van der Waals surface area contributed by atoms with Crippen LogP contribution in [0.2, 0.25) is 0 Å². The molecule has 0 amide bonds. The number of thiol groups is 1. The van der Waals surface area contributed by atoms with Crippen LogP contribution in [-0.4, -0.2) is 0 Å². The summed E-state index contributed by atoms with van der Waals surface area (Å²) >= 11 is 6.51. The van der Waals surface area contributed by atoms with E-state index in [0.717, 1.165) is 4.90 Å². The summed E-state index contributed by atoms with van der Waals surface area (Å²) in [5.74, 6) is 0. The Morgan fingerprint density at radius 1 is 0.778 bits per heavy atom. The van der Waals surface area contributed by atoms with Gasteiger partial charge in [-0.25, -0.2) is 0 Å². The normalized spacial score (nSPS) is 10.7. The Morgan fingerprint density at radius 2 is 1.33 bits per heavy atom. The predicted molar refractivity (Wildman–Crippen MR) is 83.2 cm³/mol. The molecule has 2 rings (SSSR count). The highest BCUT2D eigenvalue weighted by atomic mass is 32.2. The quantitative estimate of drug-likeness (QED) is 0.719. The predicted octanol–water partition coefficient (Wildman–Crippen LogP) is 5.36. The van der Waals surface area contributed by atoms with Gasteiger partial charge in [0.05, 0.1) is 0 Å². The van der Waals surface area contributed by atoms with Crippen molar-refractivity contribution in [3.63, 3.8) is 0 Å². The molecule has 0 heterocycles. The van der Waals surface area contributed by atoms with Gasteiger partial charge in [-0.15, -0.1) is 12.6 Å². The first-order valence-electron chi connectivity index (χ1n) is 6.04. The van der Waals surface area contributed by atoms with Gasteiger partial charge in [-0.3, -0.25) is 0 Å². The summed E-state index contributed by atoms with van der Waals surface area (Å²) in [5, 5.41) is 0. The molecule has 0 saturated carbocycles. The molecule has 0 aliphatic rings. The fourth-order valence-corrected chi connectivity index (χ4v) is 3.55. The van der Waals surface area contributed by atoms with Gasteiger partial charge >= 0.3 is 0 Å². The molecule has 2 aromatic carbocycles. The van der Waals surface area contributed by atoms with Crippen molar-refractivity contribution in [2.75, 3.05) is 0 Å². The lowest BCUT2D eigenvalue weighted by atomic mass is 9.99. The maximum atomic E-state index is 4.71. The van der Waals surface area contributed by atoms with Gasteiger partial charge in [0.25, 0.3) is 0 Å². The Labute approximate surface area is 119 Å². The molecule has 0 bridgehead atoms. The van der Waals surface area contributed by atoms with Crippen LogP contribution < -0.4 is 0 Å². The van der Waals surface area contributed by atoms with Crippen molar-refractivity contribution in [1.29, 1.82) is 0 Å². The minimum Gasteiger partial charge on any atom is -0.142 e. The fourth-order valence-electron chi connectivity index (χ4n) is 1.99. The molecule has 0 nitrogen and oxygen atoms in total. The summed E-state index contributed by atoms with van der Waals surface area (Å²) < 4.78 is 0. The number of rotatable bonds is 2. The van der Waals surface area contributed by atoms with Crippen LogP contribution in [0, 0.1) is 27.7 Å². The Hall–Kier alpha value is -0.860. The summed E-state index contributed by atoms with van der Waals surface area (Å²) in [5.41, 5.74) is 5.37. The van der Waals surface area contributed by atoms with E-state index in [9.17, 15) is 0 Å². The molecule has 2 aromatic rings. The van der Waals surface area contributed by atoms with Crippen LogP contribution in [-0.2, 0) is 0 Å². The van der Waals surface area contributed by atoms with Crippen molar-refractivity contribution in [2.24, 2.45) is 0 Å². The highest BCUT2D eigenvalue weighted by Crippen LogP contribution is 2.39. The van der Waals surface area contributed by atoms with Gasteiger partial charge in [-0.1, -0.05) is 30.0 Å². The lowest BCUT2D eigenvalue weighted by Crippen LogP contribution is -1.96. The third-order valence-electron chi connectivity index (χ3n) is 3.56. The Kier molecular flexibility index (Phi) is 4.08. The smallest absolute Gasteiger partial charge is 0.0290 e. The zero-order chi connectivity index (χ0) is 13.3. The van der Waals surface area contributed by atoms with Gasteiger partial charge in [0.1, 0.15) is 0 Å². The Morgan fingerprint density at radius 3 is 1.94 bits per heavy atom. The molecule has 0 aliphatic heterocycles. The number of benzene rings is 2.